The quantitative estimate of drug-likeness (QED) is 0.543. The molecule has 5 nitrogen and oxygen atoms in total. The molecule has 3 aromatic rings. The van der Waals surface area contributed by atoms with E-state index in [0.29, 0.717) is 34.3 Å². The normalized spacial score (nSPS) is 10.7. The van der Waals surface area contributed by atoms with Crippen molar-refractivity contribution in [2.45, 2.75) is 26.7 Å². The van der Waals surface area contributed by atoms with Gasteiger partial charge in [-0.15, -0.1) is 0 Å². The molecule has 0 aliphatic heterocycles. The lowest BCUT2D eigenvalue weighted by Gasteiger charge is -2.18. The minimum Gasteiger partial charge on any atom is -0.446 e. The molecule has 0 fully saturated rings. The molecule has 1 aromatic heterocycles. The molecule has 6 heteroatoms. The van der Waals surface area contributed by atoms with Gasteiger partial charge in [0.05, 0.1) is 23.3 Å². The van der Waals surface area contributed by atoms with Crippen LogP contribution in [0, 0.1) is 6.92 Å². The number of ketones is 1. The van der Waals surface area contributed by atoms with Crippen molar-refractivity contribution in [3.05, 3.63) is 70.9 Å². The number of oxazole rings is 1. The van der Waals surface area contributed by atoms with Gasteiger partial charge in [0, 0.05) is 19.0 Å². The molecule has 1 amide bonds. The fraction of sp³-hybridized carbons (Fsp3) is 0.227. The van der Waals surface area contributed by atoms with Crippen LogP contribution in [0.3, 0.4) is 0 Å². The van der Waals surface area contributed by atoms with Gasteiger partial charge in [0.25, 0.3) is 0 Å². The molecule has 0 saturated carbocycles. The van der Waals surface area contributed by atoms with Crippen LogP contribution in [0.15, 0.2) is 53.1 Å². The molecular weight excluding hydrogens is 376 g/mol. The highest BCUT2D eigenvalue weighted by atomic mass is 35.5. The smallest absolute Gasteiger partial charge is 0.226 e. The topological polar surface area (TPSA) is 63.4 Å². The van der Waals surface area contributed by atoms with E-state index >= 15 is 0 Å². The van der Waals surface area contributed by atoms with Crippen LogP contribution in [0.1, 0.15) is 35.4 Å². The van der Waals surface area contributed by atoms with Crippen LogP contribution in [-0.2, 0) is 11.2 Å². The van der Waals surface area contributed by atoms with Gasteiger partial charge in [-0.25, -0.2) is 4.98 Å². The van der Waals surface area contributed by atoms with Crippen molar-refractivity contribution in [3.63, 3.8) is 0 Å². The minimum atomic E-state index is -0.0542. The Morgan fingerprint density at radius 3 is 2.36 bits per heavy atom. The van der Waals surface area contributed by atoms with Crippen molar-refractivity contribution in [2.75, 3.05) is 11.9 Å². The zero-order valence-corrected chi connectivity index (χ0v) is 16.8. The highest BCUT2D eigenvalue weighted by Crippen LogP contribution is 2.31. The summed E-state index contributed by atoms with van der Waals surface area (Å²) in [4.78, 5) is 29.9. The number of hydrogen-bond donors (Lipinski definition) is 0. The zero-order valence-electron chi connectivity index (χ0n) is 16.0. The molecule has 0 aliphatic rings. The molecule has 0 N–H and O–H groups in total. The summed E-state index contributed by atoms with van der Waals surface area (Å²) in [7, 11) is 1.71. The molecule has 0 spiro atoms. The van der Waals surface area contributed by atoms with Gasteiger partial charge in [0.1, 0.15) is 5.76 Å². The van der Waals surface area contributed by atoms with Crippen molar-refractivity contribution >= 4 is 29.0 Å². The highest BCUT2D eigenvalue weighted by molar-refractivity contribution is 6.34. The number of halogens is 1. The van der Waals surface area contributed by atoms with Gasteiger partial charge in [-0.2, -0.15) is 0 Å². The lowest BCUT2D eigenvalue weighted by molar-refractivity contribution is -0.118. The van der Waals surface area contributed by atoms with E-state index < -0.39 is 0 Å². The molecule has 144 valence electrons. The van der Waals surface area contributed by atoms with Crippen molar-refractivity contribution in [2.24, 2.45) is 0 Å². The van der Waals surface area contributed by atoms with E-state index in [-0.39, 0.29) is 18.1 Å². The number of anilines is 1. The second-order valence-electron chi connectivity index (χ2n) is 6.51. The largest absolute Gasteiger partial charge is 0.446 e. The Bertz CT molecular complexity index is 1010. The predicted octanol–water partition coefficient (Wildman–Crippen LogP) is 5.10. The third-order valence-corrected chi connectivity index (χ3v) is 4.81. The lowest BCUT2D eigenvalue weighted by Crippen LogP contribution is -2.25. The first-order chi connectivity index (χ1) is 13.4. The number of aromatic nitrogens is 1. The Morgan fingerprint density at radius 2 is 1.79 bits per heavy atom. The van der Waals surface area contributed by atoms with E-state index in [1.165, 1.54) is 0 Å². The number of amides is 1. The van der Waals surface area contributed by atoms with Gasteiger partial charge in [0.15, 0.2) is 5.78 Å². The molecule has 0 aliphatic carbocycles. The van der Waals surface area contributed by atoms with E-state index in [9.17, 15) is 9.59 Å². The van der Waals surface area contributed by atoms with Gasteiger partial charge in [-0.3, -0.25) is 9.59 Å². The fourth-order valence-electron chi connectivity index (χ4n) is 2.90. The average molecular weight is 397 g/mol. The first kappa shape index (κ1) is 19.8. The van der Waals surface area contributed by atoms with Crippen LogP contribution in [0.5, 0.6) is 0 Å². The van der Waals surface area contributed by atoms with Gasteiger partial charge in [0.2, 0.25) is 11.8 Å². The maximum atomic E-state index is 12.4. The third kappa shape index (κ3) is 4.31. The van der Waals surface area contributed by atoms with Crippen molar-refractivity contribution < 1.29 is 14.0 Å². The SMILES string of the molecule is CCC(=O)N(C)c1ccc(-c2ccc(C(=O)Cc3ncc(C)o3)cc2)cc1Cl. The van der Waals surface area contributed by atoms with Gasteiger partial charge in [-0.1, -0.05) is 48.9 Å². The number of benzene rings is 2. The summed E-state index contributed by atoms with van der Waals surface area (Å²) in [6, 6.07) is 12.9. The predicted molar refractivity (Wildman–Crippen MR) is 110 cm³/mol. The van der Waals surface area contributed by atoms with E-state index in [4.69, 9.17) is 16.0 Å². The maximum Gasteiger partial charge on any atom is 0.226 e. The Morgan fingerprint density at radius 1 is 1.11 bits per heavy atom. The van der Waals surface area contributed by atoms with Crippen LogP contribution in [0.4, 0.5) is 5.69 Å². The first-order valence-corrected chi connectivity index (χ1v) is 9.38. The standard InChI is InChI=1S/C22H21ClN2O3/c1-4-22(27)25(3)19-10-9-17(11-18(19)23)15-5-7-16(8-6-15)20(26)12-21-24-13-14(2)28-21/h5-11,13H,4,12H2,1-3H3. The minimum absolute atomic E-state index is 0.00115. The molecule has 0 bridgehead atoms. The third-order valence-electron chi connectivity index (χ3n) is 4.51. The maximum absolute atomic E-state index is 12.4. The van der Waals surface area contributed by atoms with Crippen LogP contribution in [0.2, 0.25) is 5.02 Å². The Balaban J connectivity index is 1.77. The summed E-state index contributed by atoms with van der Waals surface area (Å²) >= 11 is 6.38. The second kappa shape index (κ2) is 8.40. The monoisotopic (exact) mass is 396 g/mol. The zero-order chi connectivity index (χ0) is 20.3. The van der Waals surface area contributed by atoms with Gasteiger partial charge in [-0.05, 0) is 30.2 Å². The molecule has 3 rings (SSSR count). The molecule has 1 heterocycles. The van der Waals surface area contributed by atoms with Crippen molar-refractivity contribution in [3.8, 4) is 11.1 Å². The molecule has 0 unspecified atom stereocenters. The summed E-state index contributed by atoms with van der Waals surface area (Å²) in [5.74, 6) is 1.05. The van der Waals surface area contributed by atoms with Crippen molar-refractivity contribution in [1.82, 2.24) is 4.98 Å². The molecule has 0 atom stereocenters. The van der Waals surface area contributed by atoms with E-state index in [0.717, 1.165) is 11.1 Å². The number of hydrogen-bond acceptors (Lipinski definition) is 4. The summed E-state index contributed by atoms with van der Waals surface area (Å²) in [6.07, 6.45) is 2.15. The Hall–Kier alpha value is -2.92. The van der Waals surface area contributed by atoms with Gasteiger partial charge < -0.3 is 9.32 Å². The number of carbonyl (C=O) groups excluding carboxylic acids is 2. The number of carbonyl (C=O) groups is 2. The number of nitrogens with zero attached hydrogens (tertiary/aromatic N) is 2. The molecule has 28 heavy (non-hydrogen) atoms. The summed E-state index contributed by atoms with van der Waals surface area (Å²) in [5.41, 5.74) is 3.11. The van der Waals surface area contributed by atoms with Gasteiger partial charge >= 0.3 is 0 Å². The Labute approximate surface area is 169 Å². The van der Waals surface area contributed by atoms with E-state index in [1.807, 2.05) is 37.3 Å². The van der Waals surface area contributed by atoms with E-state index in [2.05, 4.69) is 4.98 Å². The van der Waals surface area contributed by atoms with Crippen molar-refractivity contribution in [1.29, 1.82) is 0 Å². The lowest BCUT2D eigenvalue weighted by atomic mass is 10.0. The molecule has 0 saturated heterocycles. The first-order valence-electron chi connectivity index (χ1n) is 9.00. The summed E-state index contributed by atoms with van der Waals surface area (Å²) < 4.78 is 5.36. The van der Waals surface area contributed by atoms with Crippen LogP contribution in [-0.4, -0.2) is 23.7 Å². The summed E-state index contributed by atoms with van der Waals surface area (Å²) in [6.45, 7) is 3.61. The number of rotatable bonds is 6. The van der Waals surface area contributed by atoms with E-state index in [1.54, 1.807) is 37.2 Å². The van der Waals surface area contributed by atoms with Crippen LogP contribution >= 0.6 is 11.6 Å². The molecule has 0 radical (unpaired) electrons. The average Bonchev–Trinajstić information content (AvgIpc) is 3.11. The Kier molecular flexibility index (Phi) is 5.95. The molecule has 2 aromatic carbocycles. The number of aryl methyl sites for hydroxylation is 1. The highest BCUT2D eigenvalue weighted by Gasteiger charge is 2.14. The van der Waals surface area contributed by atoms with Crippen LogP contribution in [0.25, 0.3) is 11.1 Å². The van der Waals surface area contributed by atoms with Crippen LogP contribution < -0.4 is 4.90 Å². The number of Topliss-reactive ketones (excluding diaryl/α,β-unsaturated/α-hetero) is 1. The summed E-state index contributed by atoms with van der Waals surface area (Å²) in [5, 5.41) is 0.501. The second-order valence-corrected chi connectivity index (χ2v) is 6.92. The molecular formula is C22H21ClN2O3. The fourth-order valence-corrected chi connectivity index (χ4v) is 3.21.